The summed E-state index contributed by atoms with van der Waals surface area (Å²) in [6.07, 6.45) is 7.90. The maximum Gasteiger partial charge on any atom is 0.0305 e. The van der Waals surface area contributed by atoms with Gasteiger partial charge in [0.1, 0.15) is 0 Å². The Morgan fingerprint density at radius 2 is 1.69 bits per heavy atom. The molecule has 92 valence electrons. The largest absolute Gasteiger partial charge is 0.264 e. The molecule has 0 atom stereocenters. The fourth-order valence-electron chi connectivity index (χ4n) is 1.75. The van der Waals surface area contributed by atoms with E-state index in [2.05, 4.69) is 18.8 Å². The van der Waals surface area contributed by atoms with E-state index in [1.54, 1.807) is 0 Å². The van der Waals surface area contributed by atoms with Crippen LogP contribution < -0.4 is 0 Å². The van der Waals surface area contributed by atoms with Crippen molar-refractivity contribution in [1.82, 2.24) is 4.98 Å². The minimum Gasteiger partial charge on any atom is -0.264 e. The van der Waals surface area contributed by atoms with Crippen LogP contribution in [0.25, 0.3) is 0 Å². The average molecular weight is 221 g/mol. The van der Waals surface area contributed by atoms with Gasteiger partial charge in [-0.1, -0.05) is 34.6 Å². The number of rotatable bonds is 2. The van der Waals surface area contributed by atoms with E-state index < -0.39 is 0 Å². The summed E-state index contributed by atoms with van der Waals surface area (Å²) < 4.78 is 0. The normalized spacial score (nSPS) is 13.1. The lowest BCUT2D eigenvalue weighted by Crippen LogP contribution is -1.94. The van der Waals surface area contributed by atoms with Gasteiger partial charge in [-0.05, 0) is 48.8 Å². The number of pyridine rings is 1. The summed E-state index contributed by atoms with van der Waals surface area (Å²) >= 11 is 0. The number of aryl methyl sites for hydroxylation is 1. The Bertz CT molecular complexity index is 287. The van der Waals surface area contributed by atoms with Crippen molar-refractivity contribution in [2.75, 3.05) is 0 Å². The first-order chi connectivity index (χ1) is 7.83. The van der Waals surface area contributed by atoms with Gasteiger partial charge in [-0.15, -0.1) is 0 Å². The van der Waals surface area contributed by atoms with E-state index in [0.717, 1.165) is 12.3 Å². The summed E-state index contributed by atoms with van der Waals surface area (Å²) in [4.78, 5) is 4.28. The molecule has 1 nitrogen and oxygen atoms in total. The molecule has 16 heavy (non-hydrogen) atoms. The average Bonchev–Trinajstić information content (AvgIpc) is 3.19. The summed E-state index contributed by atoms with van der Waals surface area (Å²) in [5.41, 5.74) is 4.39. The number of aromatic nitrogens is 1. The van der Waals surface area contributed by atoms with E-state index >= 15 is 0 Å². The molecule has 1 saturated carbocycles. The highest BCUT2D eigenvalue weighted by atomic mass is 14.6. The minimum absolute atomic E-state index is 0.837. The van der Waals surface area contributed by atoms with Gasteiger partial charge < -0.3 is 0 Å². The zero-order valence-corrected chi connectivity index (χ0v) is 11.8. The molecule has 1 fully saturated rings. The highest BCUT2D eigenvalue weighted by Crippen LogP contribution is 2.41. The predicted molar refractivity (Wildman–Crippen MR) is 73.0 cm³/mol. The van der Waals surface area contributed by atoms with Crippen molar-refractivity contribution in [3.05, 3.63) is 29.1 Å². The maximum absolute atomic E-state index is 4.28. The SMILES string of the molecule is CC.CC.CCc1cncc(C2CC2)c1C. The quantitative estimate of drug-likeness (QED) is 0.693. The lowest BCUT2D eigenvalue weighted by Gasteiger charge is -2.07. The van der Waals surface area contributed by atoms with Gasteiger partial charge in [0, 0.05) is 12.4 Å². The zero-order chi connectivity index (χ0) is 12.6. The molecular weight excluding hydrogens is 194 g/mol. The molecule has 1 aromatic heterocycles. The van der Waals surface area contributed by atoms with Gasteiger partial charge >= 0.3 is 0 Å². The Morgan fingerprint density at radius 1 is 1.12 bits per heavy atom. The van der Waals surface area contributed by atoms with Gasteiger partial charge in [0.2, 0.25) is 0 Å². The molecule has 1 aliphatic carbocycles. The van der Waals surface area contributed by atoms with E-state index in [4.69, 9.17) is 0 Å². The van der Waals surface area contributed by atoms with Crippen LogP contribution in [0.2, 0.25) is 0 Å². The third kappa shape index (κ3) is 3.96. The molecule has 1 heteroatoms. The summed E-state index contributed by atoms with van der Waals surface area (Å²) in [5.74, 6) is 0.837. The fraction of sp³-hybridized carbons (Fsp3) is 0.667. The molecule has 0 spiro atoms. The second kappa shape index (κ2) is 8.32. The van der Waals surface area contributed by atoms with Crippen LogP contribution in [0, 0.1) is 6.92 Å². The molecule has 0 unspecified atom stereocenters. The first-order valence-electron chi connectivity index (χ1n) is 6.76. The van der Waals surface area contributed by atoms with Crippen molar-refractivity contribution in [1.29, 1.82) is 0 Å². The summed E-state index contributed by atoms with van der Waals surface area (Å²) in [5, 5.41) is 0. The molecule has 1 aromatic rings. The third-order valence-corrected chi connectivity index (χ3v) is 2.76. The number of hydrogen-bond acceptors (Lipinski definition) is 1. The molecule has 0 aromatic carbocycles. The smallest absolute Gasteiger partial charge is 0.0305 e. The van der Waals surface area contributed by atoms with Crippen molar-refractivity contribution in [2.24, 2.45) is 0 Å². The molecular formula is C15H27N. The van der Waals surface area contributed by atoms with Gasteiger partial charge in [-0.3, -0.25) is 4.98 Å². The van der Waals surface area contributed by atoms with Crippen LogP contribution in [-0.4, -0.2) is 4.98 Å². The second-order valence-electron chi connectivity index (χ2n) is 3.64. The molecule has 1 aliphatic rings. The standard InChI is InChI=1S/C11H15N.2C2H6/c1-3-9-6-12-7-11(8(9)2)10-4-5-10;2*1-2/h6-7,10H,3-5H2,1-2H3;2*1-2H3. The van der Waals surface area contributed by atoms with E-state index in [-0.39, 0.29) is 0 Å². The van der Waals surface area contributed by atoms with E-state index in [0.29, 0.717) is 0 Å². The van der Waals surface area contributed by atoms with Crippen molar-refractivity contribution >= 4 is 0 Å². The Morgan fingerprint density at radius 3 is 2.12 bits per heavy atom. The highest BCUT2D eigenvalue weighted by Gasteiger charge is 2.25. The number of nitrogens with zero attached hydrogens (tertiary/aromatic N) is 1. The molecule has 0 radical (unpaired) electrons. The summed E-state index contributed by atoms with van der Waals surface area (Å²) in [7, 11) is 0. The van der Waals surface area contributed by atoms with Crippen molar-refractivity contribution < 1.29 is 0 Å². The van der Waals surface area contributed by atoms with Crippen LogP contribution in [-0.2, 0) is 6.42 Å². The van der Waals surface area contributed by atoms with Crippen LogP contribution in [0.1, 0.15) is 70.1 Å². The van der Waals surface area contributed by atoms with E-state index in [1.807, 2.05) is 40.1 Å². The first-order valence-corrected chi connectivity index (χ1v) is 6.76. The Balaban J connectivity index is 0.000000509. The molecule has 0 bridgehead atoms. The molecule has 0 N–H and O–H groups in total. The van der Waals surface area contributed by atoms with Crippen molar-refractivity contribution in [2.45, 2.75) is 66.7 Å². The van der Waals surface area contributed by atoms with Gasteiger partial charge in [0.05, 0.1) is 0 Å². The van der Waals surface area contributed by atoms with Crippen LogP contribution in [0.4, 0.5) is 0 Å². The lowest BCUT2D eigenvalue weighted by atomic mass is 10.0. The van der Waals surface area contributed by atoms with Gasteiger partial charge in [0.25, 0.3) is 0 Å². The zero-order valence-electron chi connectivity index (χ0n) is 11.8. The minimum atomic E-state index is 0.837. The molecule has 2 rings (SSSR count). The third-order valence-electron chi connectivity index (χ3n) is 2.76. The van der Waals surface area contributed by atoms with E-state index in [9.17, 15) is 0 Å². The topological polar surface area (TPSA) is 12.9 Å². The van der Waals surface area contributed by atoms with E-state index in [1.165, 1.54) is 29.5 Å². The second-order valence-corrected chi connectivity index (χ2v) is 3.64. The Kier molecular flexibility index (Phi) is 7.88. The molecule has 0 saturated heterocycles. The van der Waals surface area contributed by atoms with Gasteiger partial charge in [-0.25, -0.2) is 0 Å². The van der Waals surface area contributed by atoms with Crippen molar-refractivity contribution in [3.63, 3.8) is 0 Å². The summed E-state index contributed by atoms with van der Waals surface area (Å²) in [6.45, 7) is 12.4. The maximum atomic E-state index is 4.28. The van der Waals surface area contributed by atoms with Gasteiger partial charge in [0.15, 0.2) is 0 Å². The van der Waals surface area contributed by atoms with Crippen LogP contribution in [0.3, 0.4) is 0 Å². The first kappa shape index (κ1) is 15.2. The van der Waals surface area contributed by atoms with Crippen LogP contribution in [0.15, 0.2) is 12.4 Å². The summed E-state index contributed by atoms with van der Waals surface area (Å²) in [6, 6.07) is 0. The molecule has 0 amide bonds. The van der Waals surface area contributed by atoms with Gasteiger partial charge in [-0.2, -0.15) is 0 Å². The van der Waals surface area contributed by atoms with Crippen LogP contribution in [0.5, 0.6) is 0 Å². The highest BCUT2D eigenvalue weighted by molar-refractivity contribution is 5.35. The lowest BCUT2D eigenvalue weighted by molar-refractivity contribution is 1.000. The number of hydrogen-bond donors (Lipinski definition) is 0. The fourth-order valence-corrected chi connectivity index (χ4v) is 1.75. The molecule has 0 aliphatic heterocycles. The molecule has 1 heterocycles. The Hall–Kier alpha value is -0.850. The predicted octanol–water partition coefficient (Wildman–Crippen LogP) is 4.88. The Labute approximate surface area is 101 Å². The monoisotopic (exact) mass is 221 g/mol. The van der Waals surface area contributed by atoms with Crippen LogP contribution >= 0.6 is 0 Å². The van der Waals surface area contributed by atoms with Crippen molar-refractivity contribution in [3.8, 4) is 0 Å².